The van der Waals surface area contributed by atoms with E-state index in [2.05, 4.69) is 15.8 Å². The first-order valence-electron chi connectivity index (χ1n) is 14.2. The maximum absolute atomic E-state index is 10.9. The Morgan fingerprint density at radius 3 is 1.91 bits per heavy atom. The third-order valence-electron chi connectivity index (χ3n) is 6.39. The highest BCUT2D eigenvalue weighted by Gasteiger charge is 2.06. The molecule has 0 bridgehead atoms. The first-order valence-corrected chi connectivity index (χ1v) is 14.6. The number of anilines is 1. The Morgan fingerprint density at radius 2 is 1.31 bits per heavy atom. The van der Waals surface area contributed by atoms with E-state index in [1.54, 1.807) is 36.5 Å². The molecule has 0 saturated heterocycles. The van der Waals surface area contributed by atoms with Crippen LogP contribution >= 0.6 is 12.2 Å². The number of carbonyl (C=O) groups is 1. The van der Waals surface area contributed by atoms with Crippen molar-refractivity contribution < 1.29 is 24.1 Å². The summed E-state index contributed by atoms with van der Waals surface area (Å²) in [6.45, 7) is 0.843. The van der Waals surface area contributed by atoms with Gasteiger partial charge in [0.2, 0.25) is 0 Å². The lowest BCUT2D eigenvalue weighted by Gasteiger charge is -2.12. The molecule has 0 amide bonds. The average Bonchev–Trinajstić information content (AvgIpc) is 3.05. The molecule has 0 radical (unpaired) electrons. The van der Waals surface area contributed by atoms with Gasteiger partial charge in [0, 0.05) is 23.4 Å². The van der Waals surface area contributed by atoms with Crippen LogP contribution in [-0.4, -0.2) is 22.4 Å². The Labute approximate surface area is 266 Å². The Hall–Kier alpha value is -5.67. The van der Waals surface area contributed by atoms with Crippen molar-refractivity contribution in [1.29, 1.82) is 0 Å². The number of carboxylic acid groups (broad SMARTS) is 1. The number of hydrogen-bond donors (Lipinski definition) is 3. The Bertz CT molecular complexity index is 1680. The van der Waals surface area contributed by atoms with Crippen LogP contribution in [0.5, 0.6) is 23.0 Å². The number of benzene rings is 5. The van der Waals surface area contributed by atoms with E-state index in [4.69, 9.17) is 31.5 Å². The van der Waals surface area contributed by atoms with E-state index >= 15 is 0 Å². The number of hydrazone groups is 1. The lowest BCUT2D eigenvalue weighted by atomic mass is 10.1. The zero-order valence-corrected chi connectivity index (χ0v) is 25.1. The van der Waals surface area contributed by atoms with Gasteiger partial charge in [0.1, 0.15) is 36.2 Å². The third-order valence-corrected chi connectivity index (χ3v) is 6.58. The standard InChI is InChI=1S/C36H31N3O5S/c40-35(41)20-26-14-16-31(17-15-26)44-32-13-7-12-30(21-32)38-36(45)39-37-23-29-18-33(42-24-27-8-3-1-4-9-27)22-34(19-29)43-25-28-10-5-2-6-11-28/h1-19,21-23H,20,24-25H2,(H,40,41)(H2,38,39,45)/b37-23+. The van der Waals surface area contributed by atoms with Crippen LogP contribution in [0.15, 0.2) is 132 Å². The molecule has 0 atom stereocenters. The Balaban J connectivity index is 1.20. The van der Waals surface area contributed by atoms with Gasteiger partial charge in [-0.05, 0) is 65.3 Å². The van der Waals surface area contributed by atoms with Gasteiger partial charge in [0.25, 0.3) is 0 Å². The average molecular weight is 618 g/mol. The summed E-state index contributed by atoms with van der Waals surface area (Å²) in [4.78, 5) is 10.9. The van der Waals surface area contributed by atoms with E-state index in [9.17, 15) is 4.79 Å². The highest BCUT2D eigenvalue weighted by Crippen LogP contribution is 2.26. The highest BCUT2D eigenvalue weighted by atomic mass is 32.1. The van der Waals surface area contributed by atoms with Crippen LogP contribution in [0.2, 0.25) is 0 Å². The maximum Gasteiger partial charge on any atom is 0.307 e. The van der Waals surface area contributed by atoms with Crippen molar-refractivity contribution >= 4 is 35.2 Å². The van der Waals surface area contributed by atoms with Crippen LogP contribution in [0.3, 0.4) is 0 Å². The second-order valence-corrected chi connectivity index (χ2v) is 10.4. The summed E-state index contributed by atoms with van der Waals surface area (Å²) >= 11 is 5.44. The van der Waals surface area contributed by atoms with E-state index in [0.717, 1.165) is 16.7 Å². The summed E-state index contributed by atoms with van der Waals surface area (Å²) < 4.78 is 18.1. The van der Waals surface area contributed by atoms with Crippen molar-refractivity contribution in [3.63, 3.8) is 0 Å². The van der Waals surface area contributed by atoms with Crippen molar-refractivity contribution in [3.8, 4) is 23.0 Å². The maximum atomic E-state index is 10.9. The van der Waals surface area contributed by atoms with Gasteiger partial charge in [0.15, 0.2) is 5.11 Å². The zero-order chi connectivity index (χ0) is 31.3. The molecule has 3 N–H and O–H groups in total. The molecule has 5 aromatic rings. The number of hydrogen-bond acceptors (Lipinski definition) is 6. The predicted octanol–water partition coefficient (Wildman–Crippen LogP) is 7.58. The van der Waals surface area contributed by atoms with E-state index in [1.807, 2.05) is 97.1 Å². The van der Waals surface area contributed by atoms with E-state index in [0.29, 0.717) is 52.6 Å². The highest BCUT2D eigenvalue weighted by molar-refractivity contribution is 7.80. The van der Waals surface area contributed by atoms with Crippen LogP contribution < -0.4 is 25.0 Å². The van der Waals surface area contributed by atoms with Gasteiger partial charge >= 0.3 is 5.97 Å². The fraction of sp³-hybridized carbons (Fsp3) is 0.0833. The molecule has 0 spiro atoms. The van der Waals surface area contributed by atoms with Gasteiger partial charge < -0.3 is 24.6 Å². The minimum atomic E-state index is -0.879. The molecule has 0 heterocycles. The van der Waals surface area contributed by atoms with Crippen LogP contribution in [0.4, 0.5) is 5.69 Å². The van der Waals surface area contributed by atoms with Crippen molar-refractivity contribution in [3.05, 3.63) is 150 Å². The fourth-order valence-corrected chi connectivity index (χ4v) is 4.44. The van der Waals surface area contributed by atoms with Gasteiger partial charge in [-0.3, -0.25) is 10.2 Å². The second kappa shape index (κ2) is 15.7. The summed E-state index contributed by atoms with van der Waals surface area (Å²) in [6, 6.07) is 39.8. The Morgan fingerprint density at radius 1 is 0.689 bits per heavy atom. The van der Waals surface area contributed by atoms with E-state index < -0.39 is 5.97 Å². The molecule has 0 unspecified atom stereocenters. The summed E-state index contributed by atoms with van der Waals surface area (Å²) in [5, 5.41) is 16.6. The molecule has 0 aliphatic rings. The van der Waals surface area contributed by atoms with Crippen LogP contribution in [0.1, 0.15) is 22.3 Å². The molecule has 8 nitrogen and oxygen atoms in total. The normalized spacial score (nSPS) is 10.7. The number of nitrogens with one attached hydrogen (secondary N) is 2. The summed E-state index contributed by atoms with van der Waals surface area (Å²) in [6.07, 6.45) is 1.61. The van der Waals surface area contributed by atoms with Crippen molar-refractivity contribution in [2.45, 2.75) is 19.6 Å². The lowest BCUT2D eigenvalue weighted by Crippen LogP contribution is -2.23. The van der Waals surface area contributed by atoms with Gasteiger partial charge in [-0.25, -0.2) is 0 Å². The number of nitrogens with zero attached hydrogens (tertiary/aromatic N) is 1. The summed E-state index contributed by atoms with van der Waals surface area (Å²) in [7, 11) is 0. The molecule has 0 aliphatic heterocycles. The molecular formula is C36H31N3O5S. The lowest BCUT2D eigenvalue weighted by molar-refractivity contribution is -0.136. The van der Waals surface area contributed by atoms with Crippen LogP contribution in [0.25, 0.3) is 0 Å². The van der Waals surface area contributed by atoms with Crippen LogP contribution in [0, 0.1) is 0 Å². The number of ether oxygens (including phenoxy) is 3. The Kier molecular flexibility index (Phi) is 10.7. The second-order valence-electron chi connectivity index (χ2n) is 9.95. The molecule has 0 aromatic heterocycles. The topological polar surface area (TPSA) is 101 Å². The van der Waals surface area contributed by atoms with Gasteiger partial charge in [-0.15, -0.1) is 0 Å². The minimum absolute atomic E-state index is 0.0384. The van der Waals surface area contributed by atoms with Gasteiger partial charge in [0.05, 0.1) is 12.6 Å². The third kappa shape index (κ3) is 10.2. The molecule has 5 rings (SSSR count). The van der Waals surface area contributed by atoms with Gasteiger partial charge in [-0.1, -0.05) is 78.9 Å². The number of carboxylic acids is 1. The first kappa shape index (κ1) is 30.8. The first-order chi connectivity index (χ1) is 22.0. The molecule has 45 heavy (non-hydrogen) atoms. The fourth-order valence-electron chi connectivity index (χ4n) is 4.26. The zero-order valence-electron chi connectivity index (χ0n) is 24.3. The van der Waals surface area contributed by atoms with Crippen molar-refractivity contribution in [2.75, 3.05) is 5.32 Å². The molecular weight excluding hydrogens is 586 g/mol. The van der Waals surface area contributed by atoms with Crippen LogP contribution in [-0.2, 0) is 24.4 Å². The van der Waals surface area contributed by atoms with Crippen molar-refractivity contribution in [1.82, 2.24) is 5.43 Å². The molecule has 9 heteroatoms. The number of rotatable bonds is 13. The van der Waals surface area contributed by atoms with E-state index in [-0.39, 0.29) is 6.42 Å². The molecule has 5 aromatic carbocycles. The predicted molar refractivity (Wildman–Crippen MR) is 179 cm³/mol. The number of thiocarbonyl (C=S) groups is 1. The molecule has 226 valence electrons. The quantitative estimate of drug-likeness (QED) is 0.0706. The summed E-state index contributed by atoms with van der Waals surface area (Å²) in [5.74, 6) is 1.61. The van der Waals surface area contributed by atoms with Gasteiger partial charge in [-0.2, -0.15) is 5.10 Å². The largest absolute Gasteiger partial charge is 0.489 e. The smallest absolute Gasteiger partial charge is 0.307 e. The molecule has 0 saturated carbocycles. The number of aliphatic carboxylic acids is 1. The molecule has 0 fully saturated rings. The van der Waals surface area contributed by atoms with E-state index in [1.165, 1.54) is 0 Å². The monoisotopic (exact) mass is 617 g/mol. The minimum Gasteiger partial charge on any atom is -0.489 e. The summed E-state index contributed by atoms with van der Waals surface area (Å²) in [5.41, 5.74) is 7.13. The molecule has 0 aliphatic carbocycles. The SMILES string of the molecule is O=C(O)Cc1ccc(Oc2cccc(NC(=S)N/N=C/c3cc(OCc4ccccc4)cc(OCc4ccccc4)c3)c2)cc1. The van der Waals surface area contributed by atoms with Crippen molar-refractivity contribution in [2.24, 2.45) is 5.10 Å².